The predicted octanol–water partition coefficient (Wildman–Crippen LogP) is 5.00. The van der Waals surface area contributed by atoms with Crippen LogP contribution < -0.4 is 34.9 Å². The molecule has 234 valence electrons. The molecule has 3 aromatic rings. The molecule has 3 N–H and O–H groups in total. The number of carbonyl (C=O) groups excluding carboxylic acids is 2. The third kappa shape index (κ3) is 6.40. The van der Waals surface area contributed by atoms with Crippen LogP contribution in [0.1, 0.15) is 37.7 Å². The Hall–Kier alpha value is -4.74. The number of methoxy groups -OCH3 is 3. The number of hydrogen-bond donors (Lipinski definition) is 2. The summed E-state index contributed by atoms with van der Waals surface area (Å²) in [6.45, 7) is 2.47. The van der Waals surface area contributed by atoms with Crippen LogP contribution in [0, 0.1) is 11.3 Å². The van der Waals surface area contributed by atoms with Crippen LogP contribution >= 0.6 is 23.1 Å². The maximum Gasteiger partial charge on any atom is 0.234 e. The average molecular weight is 649 g/mol. The summed E-state index contributed by atoms with van der Waals surface area (Å²) in [4.78, 5) is 27.8. The van der Waals surface area contributed by atoms with Crippen LogP contribution in [0.15, 0.2) is 63.4 Å². The smallest absolute Gasteiger partial charge is 0.234 e. The number of rotatable bonds is 11. The van der Waals surface area contributed by atoms with Gasteiger partial charge in [0, 0.05) is 23.4 Å². The normalized spacial score (nSPS) is 16.2. The van der Waals surface area contributed by atoms with Crippen molar-refractivity contribution in [2.24, 2.45) is 5.73 Å². The van der Waals surface area contributed by atoms with Gasteiger partial charge in [0.1, 0.15) is 11.6 Å². The first-order valence-corrected chi connectivity index (χ1v) is 15.9. The highest BCUT2D eigenvalue weighted by Gasteiger charge is 2.42. The number of hydrogen-bond acceptors (Lipinski definition) is 13. The lowest BCUT2D eigenvalue weighted by molar-refractivity contribution is -0.116. The zero-order valence-corrected chi connectivity index (χ0v) is 26.8. The van der Waals surface area contributed by atoms with Gasteiger partial charge in [0.25, 0.3) is 0 Å². The van der Waals surface area contributed by atoms with Crippen LogP contribution in [0.5, 0.6) is 23.0 Å². The van der Waals surface area contributed by atoms with E-state index < -0.39 is 5.92 Å². The van der Waals surface area contributed by atoms with Gasteiger partial charge in [-0.1, -0.05) is 23.1 Å². The molecule has 0 radical (unpaired) electrons. The topological polar surface area (TPSA) is 162 Å². The maximum atomic E-state index is 13.5. The summed E-state index contributed by atoms with van der Waals surface area (Å²) >= 11 is 2.45. The zero-order chi connectivity index (χ0) is 32.1. The monoisotopic (exact) mass is 648 g/mol. The Morgan fingerprint density at radius 1 is 1.13 bits per heavy atom. The van der Waals surface area contributed by atoms with Gasteiger partial charge in [-0.25, -0.2) is 0 Å². The number of nitrogens with two attached hydrogens (primary N) is 1. The van der Waals surface area contributed by atoms with Gasteiger partial charge in [0.05, 0.1) is 51.2 Å². The Kier molecular flexibility index (Phi) is 9.80. The van der Waals surface area contributed by atoms with E-state index in [-0.39, 0.29) is 28.8 Å². The fourth-order valence-electron chi connectivity index (χ4n) is 5.38. The van der Waals surface area contributed by atoms with E-state index in [4.69, 9.17) is 24.7 Å². The van der Waals surface area contributed by atoms with E-state index in [0.717, 1.165) is 5.75 Å². The molecular weight excluding hydrogens is 617 g/mol. The predicted molar refractivity (Wildman–Crippen MR) is 171 cm³/mol. The number of thioether (sulfide) groups is 1. The summed E-state index contributed by atoms with van der Waals surface area (Å²) in [6.07, 6.45) is 1.51. The van der Waals surface area contributed by atoms with Crippen molar-refractivity contribution >= 4 is 45.6 Å². The number of nitriles is 1. The maximum absolute atomic E-state index is 13.5. The molecule has 12 nitrogen and oxygen atoms in total. The summed E-state index contributed by atoms with van der Waals surface area (Å²) in [7, 11) is 4.51. The highest BCUT2D eigenvalue weighted by atomic mass is 32.2. The molecule has 14 heteroatoms. The molecule has 0 bridgehead atoms. The molecule has 0 saturated heterocycles. The van der Waals surface area contributed by atoms with Crippen LogP contribution in [0.2, 0.25) is 0 Å². The van der Waals surface area contributed by atoms with E-state index in [0.29, 0.717) is 75.1 Å². The lowest BCUT2D eigenvalue weighted by Crippen LogP contribution is -2.38. The van der Waals surface area contributed by atoms with Crippen LogP contribution in [-0.4, -0.2) is 55.6 Å². The molecule has 2 aromatic carbocycles. The highest BCUT2D eigenvalue weighted by molar-refractivity contribution is 8.01. The van der Waals surface area contributed by atoms with Crippen molar-refractivity contribution in [2.45, 2.75) is 36.4 Å². The van der Waals surface area contributed by atoms with Gasteiger partial charge < -0.3 is 30.0 Å². The molecule has 1 aliphatic carbocycles. The number of ether oxygens (including phenoxy) is 4. The van der Waals surface area contributed by atoms with E-state index in [1.807, 2.05) is 6.92 Å². The second-order valence-corrected chi connectivity index (χ2v) is 12.1. The molecule has 2 heterocycles. The number of ketones is 1. The number of Topliss-reactive ketones (excluding diaryl/α,β-unsaturated/α-hetero) is 1. The zero-order valence-electron chi connectivity index (χ0n) is 25.2. The first-order valence-electron chi connectivity index (χ1n) is 14.1. The van der Waals surface area contributed by atoms with Gasteiger partial charge in [0.15, 0.2) is 21.6 Å². The molecule has 2 aliphatic rings. The highest BCUT2D eigenvalue weighted by Crippen LogP contribution is 2.50. The number of nitrogens with zero attached hydrogens (tertiary/aromatic N) is 4. The molecule has 1 atom stereocenters. The van der Waals surface area contributed by atoms with Crippen molar-refractivity contribution < 1.29 is 28.5 Å². The van der Waals surface area contributed by atoms with Crippen LogP contribution in [-0.2, 0) is 9.59 Å². The average Bonchev–Trinajstić information content (AvgIpc) is 3.52. The van der Waals surface area contributed by atoms with Gasteiger partial charge in [-0.3, -0.25) is 14.5 Å². The SMILES string of the molecule is CCOc1ccc(NC(=O)CSc2nnc(N3C(N)=C(C#N)C(c4cc(OC)c(OC)c(OC)c4)C4=C3CCCC4=O)s2)cc1. The summed E-state index contributed by atoms with van der Waals surface area (Å²) in [5.74, 6) is 1.15. The summed E-state index contributed by atoms with van der Waals surface area (Å²) in [6, 6.07) is 12.8. The Bertz CT molecular complexity index is 1690. The van der Waals surface area contributed by atoms with Crippen molar-refractivity contribution in [3.05, 3.63) is 64.6 Å². The molecule has 1 aliphatic heterocycles. The van der Waals surface area contributed by atoms with Gasteiger partial charge >= 0.3 is 0 Å². The van der Waals surface area contributed by atoms with E-state index in [2.05, 4.69) is 21.6 Å². The van der Waals surface area contributed by atoms with Crippen molar-refractivity contribution in [2.75, 3.05) is 43.9 Å². The van der Waals surface area contributed by atoms with E-state index in [1.165, 1.54) is 44.4 Å². The van der Waals surface area contributed by atoms with Crippen molar-refractivity contribution in [3.63, 3.8) is 0 Å². The minimum Gasteiger partial charge on any atom is -0.494 e. The molecule has 45 heavy (non-hydrogen) atoms. The number of anilines is 2. The van der Waals surface area contributed by atoms with Gasteiger partial charge in [-0.15, -0.1) is 10.2 Å². The minimum absolute atomic E-state index is 0.0784. The first kappa shape index (κ1) is 31.7. The molecular formula is C31H32N6O6S2. The number of allylic oxidation sites excluding steroid dienone is 3. The molecule has 0 fully saturated rings. The number of amides is 1. The van der Waals surface area contributed by atoms with Crippen molar-refractivity contribution in [1.82, 2.24) is 10.2 Å². The molecule has 1 aromatic heterocycles. The quantitative estimate of drug-likeness (QED) is 0.268. The van der Waals surface area contributed by atoms with Crippen LogP contribution in [0.4, 0.5) is 10.8 Å². The second-order valence-electron chi connectivity index (χ2n) is 9.92. The van der Waals surface area contributed by atoms with Gasteiger partial charge in [-0.05, 0) is 61.7 Å². The number of nitrogens with one attached hydrogen (secondary N) is 1. The minimum atomic E-state index is -0.740. The second kappa shape index (κ2) is 13.9. The van der Waals surface area contributed by atoms with Crippen LogP contribution in [0.3, 0.4) is 0 Å². The Balaban J connectivity index is 1.43. The summed E-state index contributed by atoms with van der Waals surface area (Å²) in [5, 5.41) is 22.2. The molecule has 1 unspecified atom stereocenters. The number of carbonyl (C=O) groups is 2. The first-order chi connectivity index (χ1) is 21.8. The molecule has 0 spiro atoms. The molecule has 1 amide bonds. The molecule has 0 saturated carbocycles. The van der Waals surface area contributed by atoms with Crippen molar-refractivity contribution in [3.8, 4) is 29.1 Å². The van der Waals surface area contributed by atoms with E-state index in [1.54, 1.807) is 41.3 Å². The largest absolute Gasteiger partial charge is 0.494 e. The standard InChI is InChI=1S/C31H32N6O6S2/c1-5-43-19-11-9-18(10-12-19)34-25(39)16-44-31-36-35-30(45-31)37-21-7-6-8-22(38)27(21)26(20(15-32)29(37)33)17-13-23(40-2)28(42-4)24(14-17)41-3/h9-14,26H,5-8,16,33H2,1-4H3,(H,34,39). The summed E-state index contributed by atoms with van der Waals surface area (Å²) < 4.78 is 22.5. The number of aromatic nitrogens is 2. The van der Waals surface area contributed by atoms with E-state index in [9.17, 15) is 14.9 Å². The Labute approximate surface area is 268 Å². The lowest BCUT2D eigenvalue weighted by Gasteiger charge is -2.38. The Morgan fingerprint density at radius 2 is 1.84 bits per heavy atom. The fraction of sp³-hybridized carbons (Fsp3) is 0.323. The molecule has 5 rings (SSSR count). The van der Waals surface area contributed by atoms with Gasteiger partial charge in [-0.2, -0.15) is 5.26 Å². The lowest BCUT2D eigenvalue weighted by atomic mass is 9.75. The summed E-state index contributed by atoms with van der Waals surface area (Å²) in [5.41, 5.74) is 9.30. The van der Waals surface area contributed by atoms with Gasteiger partial charge in [0.2, 0.25) is 16.8 Å². The van der Waals surface area contributed by atoms with E-state index >= 15 is 0 Å². The Morgan fingerprint density at radius 3 is 2.47 bits per heavy atom. The van der Waals surface area contributed by atoms with Crippen molar-refractivity contribution in [1.29, 1.82) is 5.26 Å². The third-order valence-electron chi connectivity index (χ3n) is 7.30. The number of benzene rings is 2. The fourth-order valence-corrected chi connectivity index (χ4v) is 7.06. The van der Waals surface area contributed by atoms with Crippen LogP contribution in [0.25, 0.3) is 0 Å². The third-order valence-corrected chi connectivity index (χ3v) is 9.34.